The molecule has 2 saturated heterocycles. The Balaban J connectivity index is 1.59. The van der Waals surface area contributed by atoms with Gasteiger partial charge in [-0.25, -0.2) is 0 Å². The minimum atomic E-state index is 0.0935. The van der Waals surface area contributed by atoms with Crippen molar-refractivity contribution in [3.8, 4) is 0 Å². The molecule has 2 aliphatic heterocycles. The molecule has 2 heterocycles. The number of hydrogen-bond acceptors (Lipinski definition) is 1. The van der Waals surface area contributed by atoms with Crippen molar-refractivity contribution in [2.75, 3.05) is 19.6 Å². The van der Waals surface area contributed by atoms with Gasteiger partial charge in [0.2, 0.25) is 0 Å². The lowest BCUT2D eigenvalue weighted by atomic mass is 9.83. The summed E-state index contributed by atoms with van der Waals surface area (Å²) in [5.41, 5.74) is 1.88. The minimum Gasteiger partial charge on any atom is -0.352 e. The largest absolute Gasteiger partial charge is 0.352 e. The quantitative estimate of drug-likeness (QED) is 0.869. The zero-order valence-electron chi connectivity index (χ0n) is 13.0. The summed E-state index contributed by atoms with van der Waals surface area (Å²) in [5, 5.41) is 3.19. The van der Waals surface area contributed by atoms with Gasteiger partial charge in [0.1, 0.15) is 0 Å². The number of carbonyl (C=O) groups is 1. The Kier molecular flexibility index (Phi) is 4.59. The molecule has 1 amide bonds. The van der Waals surface area contributed by atoms with Gasteiger partial charge in [-0.05, 0) is 50.7 Å². The van der Waals surface area contributed by atoms with Crippen LogP contribution in [0.1, 0.15) is 48.0 Å². The van der Waals surface area contributed by atoms with E-state index in [1.165, 1.54) is 45.2 Å². The van der Waals surface area contributed by atoms with Gasteiger partial charge in [0, 0.05) is 18.0 Å². The van der Waals surface area contributed by atoms with Crippen molar-refractivity contribution in [1.82, 2.24) is 5.32 Å². The first-order valence-electron chi connectivity index (χ1n) is 8.44. The topological polar surface area (TPSA) is 33.5 Å². The number of carbonyl (C=O) groups excluding carboxylic acids is 1. The molecule has 2 N–H and O–H groups in total. The molecule has 1 aromatic rings. The van der Waals surface area contributed by atoms with Crippen molar-refractivity contribution < 1.29 is 9.69 Å². The number of benzene rings is 1. The fourth-order valence-electron chi connectivity index (χ4n) is 4.17. The number of nitrogens with one attached hydrogen (secondary N) is 2. The van der Waals surface area contributed by atoms with Crippen molar-refractivity contribution in [3.05, 3.63) is 35.4 Å². The lowest BCUT2D eigenvalue weighted by Gasteiger charge is -2.41. The fraction of sp³-hybridized carbons (Fsp3) is 0.611. The molecule has 0 spiro atoms. The van der Waals surface area contributed by atoms with Crippen molar-refractivity contribution in [1.29, 1.82) is 0 Å². The van der Waals surface area contributed by atoms with Gasteiger partial charge in [0.25, 0.3) is 5.91 Å². The van der Waals surface area contributed by atoms with Crippen molar-refractivity contribution in [3.63, 3.8) is 0 Å². The van der Waals surface area contributed by atoms with E-state index < -0.39 is 0 Å². The molecule has 21 heavy (non-hydrogen) atoms. The van der Waals surface area contributed by atoms with Crippen molar-refractivity contribution in [2.24, 2.45) is 5.92 Å². The van der Waals surface area contributed by atoms with Crippen LogP contribution in [0.5, 0.6) is 0 Å². The van der Waals surface area contributed by atoms with Crippen LogP contribution in [0, 0.1) is 12.8 Å². The van der Waals surface area contributed by atoms with E-state index in [4.69, 9.17) is 0 Å². The molecule has 0 bridgehead atoms. The molecule has 1 unspecified atom stereocenters. The van der Waals surface area contributed by atoms with E-state index in [1.54, 1.807) is 4.90 Å². The van der Waals surface area contributed by atoms with Gasteiger partial charge in [-0.15, -0.1) is 0 Å². The minimum absolute atomic E-state index is 0.0935. The molecule has 3 heteroatoms. The maximum atomic E-state index is 12.4. The Morgan fingerprint density at radius 2 is 2.00 bits per heavy atom. The van der Waals surface area contributed by atoms with Crippen LogP contribution in [0.25, 0.3) is 0 Å². The van der Waals surface area contributed by atoms with Crippen LogP contribution in [0.3, 0.4) is 0 Å². The number of piperidine rings is 2. The normalized spacial score (nSPS) is 28.7. The molecule has 0 radical (unpaired) electrons. The molecular weight excluding hydrogens is 260 g/mol. The van der Waals surface area contributed by atoms with Crippen molar-refractivity contribution >= 4 is 5.91 Å². The Morgan fingerprint density at radius 1 is 1.19 bits per heavy atom. The number of aryl methyl sites for hydroxylation is 1. The Morgan fingerprint density at radius 3 is 2.86 bits per heavy atom. The standard InChI is InChI=1S/C18H26N2O/c1-14-7-2-3-9-16(14)18(21)19-13-15-8-6-12-20-11-5-4-10-17(15)20/h2-3,7,9,15,17H,4-6,8,10-13H2,1H3,(H,19,21)/p+1/t15-,17+/m0/s1. The van der Waals surface area contributed by atoms with Crippen LogP contribution in [0.2, 0.25) is 0 Å². The highest BCUT2D eigenvalue weighted by atomic mass is 16.1. The lowest BCUT2D eigenvalue weighted by Crippen LogP contribution is -3.18. The van der Waals surface area contributed by atoms with Gasteiger partial charge in [-0.3, -0.25) is 4.79 Å². The maximum absolute atomic E-state index is 12.4. The third-order valence-electron chi connectivity index (χ3n) is 5.34. The second-order valence-electron chi connectivity index (χ2n) is 6.69. The summed E-state index contributed by atoms with van der Waals surface area (Å²) >= 11 is 0. The van der Waals surface area contributed by atoms with Gasteiger partial charge < -0.3 is 10.2 Å². The maximum Gasteiger partial charge on any atom is 0.251 e. The van der Waals surface area contributed by atoms with E-state index in [0.29, 0.717) is 5.92 Å². The van der Waals surface area contributed by atoms with Crippen LogP contribution < -0.4 is 10.2 Å². The zero-order chi connectivity index (χ0) is 14.7. The molecule has 114 valence electrons. The van der Waals surface area contributed by atoms with Crippen molar-refractivity contribution in [2.45, 2.75) is 45.1 Å². The summed E-state index contributed by atoms with van der Waals surface area (Å²) in [7, 11) is 0. The molecular formula is C18H27N2O+. The second-order valence-corrected chi connectivity index (χ2v) is 6.69. The highest BCUT2D eigenvalue weighted by Gasteiger charge is 2.36. The van der Waals surface area contributed by atoms with E-state index in [2.05, 4.69) is 5.32 Å². The molecule has 3 nitrogen and oxygen atoms in total. The lowest BCUT2D eigenvalue weighted by molar-refractivity contribution is -0.939. The summed E-state index contributed by atoms with van der Waals surface area (Å²) < 4.78 is 0. The van der Waals surface area contributed by atoms with Gasteiger partial charge in [0.15, 0.2) is 0 Å². The van der Waals surface area contributed by atoms with Gasteiger partial charge in [-0.1, -0.05) is 18.2 Å². The number of amides is 1. The first-order chi connectivity index (χ1) is 10.3. The molecule has 0 saturated carbocycles. The van der Waals surface area contributed by atoms with E-state index in [0.717, 1.165) is 23.7 Å². The average molecular weight is 287 g/mol. The summed E-state index contributed by atoms with van der Waals surface area (Å²) in [5.74, 6) is 0.762. The average Bonchev–Trinajstić information content (AvgIpc) is 2.53. The Hall–Kier alpha value is -1.35. The van der Waals surface area contributed by atoms with Crippen LogP contribution >= 0.6 is 0 Å². The molecule has 2 aliphatic rings. The molecule has 3 atom stereocenters. The number of fused-ring (bicyclic) bond motifs is 1. The van der Waals surface area contributed by atoms with Crippen LogP contribution in [-0.4, -0.2) is 31.6 Å². The predicted molar refractivity (Wildman–Crippen MR) is 84.6 cm³/mol. The Bertz CT molecular complexity index is 498. The second kappa shape index (κ2) is 6.61. The van der Waals surface area contributed by atoms with Gasteiger partial charge in [-0.2, -0.15) is 0 Å². The highest BCUT2D eigenvalue weighted by Crippen LogP contribution is 2.20. The predicted octanol–water partition coefficient (Wildman–Crippen LogP) is 1.57. The fourth-order valence-corrected chi connectivity index (χ4v) is 4.17. The molecule has 1 aromatic carbocycles. The van der Waals surface area contributed by atoms with Crippen LogP contribution in [0.15, 0.2) is 24.3 Å². The summed E-state index contributed by atoms with van der Waals surface area (Å²) in [4.78, 5) is 14.1. The zero-order valence-corrected chi connectivity index (χ0v) is 13.0. The highest BCUT2D eigenvalue weighted by molar-refractivity contribution is 5.95. The van der Waals surface area contributed by atoms with Crippen LogP contribution in [0.4, 0.5) is 0 Å². The third kappa shape index (κ3) is 3.29. The number of hydrogen-bond donors (Lipinski definition) is 2. The number of rotatable bonds is 3. The van der Waals surface area contributed by atoms with Crippen LogP contribution in [-0.2, 0) is 0 Å². The van der Waals surface area contributed by atoms with E-state index in [9.17, 15) is 4.79 Å². The molecule has 3 rings (SSSR count). The molecule has 2 fully saturated rings. The summed E-state index contributed by atoms with van der Waals surface area (Å²) in [6.45, 7) is 5.53. The first kappa shape index (κ1) is 14.6. The first-order valence-corrected chi connectivity index (χ1v) is 8.44. The van der Waals surface area contributed by atoms with E-state index >= 15 is 0 Å². The molecule has 0 aromatic heterocycles. The smallest absolute Gasteiger partial charge is 0.251 e. The monoisotopic (exact) mass is 287 g/mol. The number of quaternary nitrogens is 1. The molecule has 0 aliphatic carbocycles. The van der Waals surface area contributed by atoms with E-state index in [1.807, 2.05) is 31.2 Å². The summed E-state index contributed by atoms with van der Waals surface area (Å²) in [6, 6.07) is 8.63. The SMILES string of the molecule is Cc1ccccc1C(=O)NC[C@@H]1CCC[NH+]2CCCC[C@H]12. The Labute approximate surface area is 127 Å². The summed E-state index contributed by atoms with van der Waals surface area (Å²) in [6.07, 6.45) is 6.70. The third-order valence-corrected chi connectivity index (χ3v) is 5.34. The van der Waals surface area contributed by atoms with Gasteiger partial charge in [0.05, 0.1) is 19.1 Å². The van der Waals surface area contributed by atoms with Gasteiger partial charge >= 0.3 is 0 Å². The van der Waals surface area contributed by atoms with E-state index in [-0.39, 0.29) is 5.91 Å².